The molecule has 0 saturated heterocycles. The van der Waals surface area contributed by atoms with E-state index in [4.69, 9.17) is 4.98 Å². The van der Waals surface area contributed by atoms with Gasteiger partial charge in [0.1, 0.15) is 0 Å². The first-order valence-electron chi connectivity index (χ1n) is 8.55. The standard InChI is InChI=1S/C5H11.C4H3N2.2C4H9.Sn/c1-3-5-4-2;1-2-5-4-6-3-1;2*1-3-4-2;/h1,3-5H2,2H3;1-2,4H;2*1,3-4H2,2H3;. The van der Waals surface area contributed by atoms with Crippen molar-refractivity contribution in [3.05, 3.63) is 18.6 Å². The van der Waals surface area contributed by atoms with Crippen LogP contribution in [0, 0.1) is 0 Å². The van der Waals surface area contributed by atoms with Crippen molar-refractivity contribution >= 4 is 22.1 Å². The Balaban J connectivity index is 2.90. The Bertz CT molecular complexity index is 332. The average Bonchev–Trinajstić information content (AvgIpc) is 2.51. The average molecular weight is 383 g/mol. The first-order valence-corrected chi connectivity index (χ1v) is 16.0. The van der Waals surface area contributed by atoms with Crippen LogP contribution in [0.5, 0.6) is 0 Å². The van der Waals surface area contributed by atoms with Gasteiger partial charge in [0.2, 0.25) is 0 Å². The molecule has 0 unspecified atom stereocenters. The van der Waals surface area contributed by atoms with E-state index in [-0.39, 0.29) is 0 Å². The molecule has 1 aromatic rings. The van der Waals surface area contributed by atoms with Gasteiger partial charge in [0, 0.05) is 0 Å². The van der Waals surface area contributed by atoms with Crippen LogP contribution in [0.1, 0.15) is 65.7 Å². The maximum absolute atomic E-state index is 4.72. The molecule has 0 spiro atoms. The molecule has 1 heterocycles. The second kappa shape index (κ2) is 10.6. The Labute approximate surface area is 129 Å². The molecule has 0 amide bonds. The van der Waals surface area contributed by atoms with E-state index in [2.05, 4.69) is 31.8 Å². The normalized spacial score (nSPS) is 11.8. The van der Waals surface area contributed by atoms with E-state index in [9.17, 15) is 0 Å². The molecule has 0 aliphatic rings. The summed E-state index contributed by atoms with van der Waals surface area (Å²) in [6, 6.07) is 2.24. The van der Waals surface area contributed by atoms with Gasteiger partial charge in [-0.1, -0.05) is 0 Å². The van der Waals surface area contributed by atoms with Gasteiger partial charge in [-0.3, -0.25) is 0 Å². The quantitative estimate of drug-likeness (QED) is 0.400. The van der Waals surface area contributed by atoms with Crippen LogP contribution < -0.4 is 3.71 Å². The molecule has 0 bridgehead atoms. The minimum absolute atomic E-state index is 1.32. The van der Waals surface area contributed by atoms with E-state index in [0.29, 0.717) is 0 Å². The van der Waals surface area contributed by atoms with E-state index in [1.54, 1.807) is 6.33 Å². The predicted molar refractivity (Wildman–Crippen MR) is 91.2 cm³/mol. The van der Waals surface area contributed by atoms with Crippen molar-refractivity contribution in [2.75, 3.05) is 0 Å². The molecule has 0 N–H and O–H groups in total. The predicted octanol–water partition coefficient (Wildman–Crippen LogP) is 4.92. The first kappa shape index (κ1) is 17.9. The van der Waals surface area contributed by atoms with E-state index in [0.717, 1.165) is 0 Å². The van der Waals surface area contributed by atoms with Crippen LogP contribution in [-0.2, 0) is 0 Å². The van der Waals surface area contributed by atoms with Crippen LogP contribution in [0.2, 0.25) is 13.3 Å². The van der Waals surface area contributed by atoms with Crippen LogP contribution in [0.15, 0.2) is 18.6 Å². The number of nitrogens with zero attached hydrogens (tertiary/aromatic N) is 2. The van der Waals surface area contributed by atoms with Crippen LogP contribution >= 0.6 is 0 Å². The minimum atomic E-state index is -2.27. The summed E-state index contributed by atoms with van der Waals surface area (Å²) < 4.78 is 5.98. The Morgan fingerprint density at radius 3 is 1.95 bits per heavy atom. The molecule has 3 heteroatoms. The fourth-order valence-electron chi connectivity index (χ4n) is 3.11. The van der Waals surface area contributed by atoms with Gasteiger partial charge < -0.3 is 0 Å². The molecule has 0 radical (unpaired) electrons. The molecule has 0 aliphatic heterocycles. The van der Waals surface area contributed by atoms with Gasteiger partial charge in [-0.15, -0.1) is 0 Å². The van der Waals surface area contributed by atoms with Crippen LogP contribution in [0.25, 0.3) is 0 Å². The summed E-state index contributed by atoms with van der Waals surface area (Å²) in [6.45, 7) is 6.95. The summed E-state index contributed by atoms with van der Waals surface area (Å²) in [5.41, 5.74) is 0. The fraction of sp³-hybridized carbons (Fsp3) is 0.765. The van der Waals surface area contributed by atoms with Crippen molar-refractivity contribution in [3.8, 4) is 0 Å². The van der Waals surface area contributed by atoms with Gasteiger partial charge in [0.25, 0.3) is 0 Å². The number of hydrogen-bond acceptors (Lipinski definition) is 2. The number of rotatable bonds is 11. The Morgan fingerprint density at radius 1 is 0.850 bits per heavy atom. The summed E-state index contributed by atoms with van der Waals surface area (Å²) in [7, 11) is 0. The Kier molecular flexibility index (Phi) is 9.49. The second-order valence-corrected chi connectivity index (χ2v) is 19.1. The molecule has 2 nitrogen and oxygen atoms in total. The van der Waals surface area contributed by atoms with Crippen LogP contribution in [-0.4, -0.2) is 28.3 Å². The van der Waals surface area contributed by atoms with Gasteiger partial charge in [-0.25, -0.2) is 0 Å². The molecule has 0 aliphatic carbocycles. The van der Waals surface area contributed by atoms with Crippen molar-refractivity contribution in [1.82, 2.24) is 9.97 Å². The Hall–Kier alpha value is -0.121. The van der Waals surface area contributed by atoms with Gasteiger partial charge in [0.15, 0.2) is 0 Å². The summed E-state index contributed by atoms with van der Waals surface area (Å²) in [4.78, 5) is 8.86. The summed E-state index contributed by atoms with van der Waals surface area (Å²) in [6.07, 6.45) is 13.3. The zero-order chi connectivity index (χ0) is 14.7. The zero-order valence-electron chi connectivity index (χ0n) is 13.7. The third-order valence-corrected chi connectivity index (χ3v) is 19.6. The molecule has 114 valence electrons. The van der Waals surface area contributed by atoms with E-state index < -0.39 is 18.4 Å². The zero-order valence-corrected chi connectivity index (χ0v) is 16.6. The van der Waals surface area contributed by atoms with Crippen molar-refractivity contribution in [2.24, 2.45) is 0 Å². The van der Waals surface area contributed by atoms with Gasteiger partial charge in [-0.2, -0.15) is 0 Å². The second-order valence-electron chi connectivity index (χ2n) is 6.04. The topological polar surface area (TPSA) is 25.8 Å². The molecular formula is C17H32N2Sn. The monoisotopic (exact) mass is 384 g/mol. The van der Waals surface area contributed by atoms with E-state index in [1.807, 2.05) is 6.20 Å². The summed E-state index contributed by atoms with van der Waals surface area (Å²) in [5.74, 6) is 0. The molecule has 0 saturated carbocycles. The third kappa shape index (κ3) is 5.71. The molecule has 0 fully saturated rings. The van der Waals surface area contributed by atoms with E-state index in [1.165, 1.54) is 62.0 Å². The Morgan fingerprint density at radius 2 is 1.45 bits per heavy atom. The first-order chi connectivity index (χ1) is 9.79. The molecule has 1 rings (SSSR count). The van der Waals surface area contributed by atoms with Crippen molar-refractivity contribution in [1.29, 1.82) is 0 Å². The van der Waals surface area contributed by atoms with Crippen LogP contribution in [0.4, 0.5) is 0 Å². The van der Waals surface area contributed by atoms with Crippen molar-refractivity contribution in [2.45, 2.75) is 79.0 Å². The van der Waals surface area contributed by atoms with Gasteiger partial charge in [0.05, 0.1) is 0 Å². The molecule has 0 atom stereocenters. The maximum atomic E-state index is 4.72. The number of unbranched alkanes of at least 4 members (excludes halogenated alkanes) is 4. The van der Waals surface area contributed by atoms with Crippen molar-refractivity contribution < 1.29 is 0 Å². The van der Waals surface area contributed by atoms with Crippen LogP contribution in [0.3, 0.4) is 0 Å². The van der Waals surface area contributed by atoms with Gasteiger partial charge >= 0.3 is 130 Å². The third-order valence-electron chi connectivity index (χ3n) is 4.40. The molecule has 1 aromatic heterocycles. The van der Waals surface area contributed by atoms with E-state index >= 15 is 0 Å². The molecule has 0 aromatic carbocycles. The fourth-order valence-corrected chi connectivity index (χ4v) is 18.1. The number of hydrogen-bond donors (Lipinski definition) is 0. The number of aromatic nitrogens is 2. The van der Waals surface area contributed by atoms with Crippen molar-refractivity contribution in [3.63, 3.8) is 0 Å². The SMILES string of the molecule is CCCC[CH2][Sn]([CH2]CCC)([CH2]CCC)[c]1ccncn1. The summed E-state index contributed by atoms with van der Waals surface area (Å²) >= 11 is -2.27. The summed E-state index contributed by atoms with van der Waals surface area (Å²) in [5, 5.41) is 0. The molecule has 20 heavy (non-hydrogen) atoms. The molecular weight excluding hydrogens is 351 g/mol. The van der Waals surface area contributed by atoms with Gasteiger partial charge in [-0.05, 0) is 0 Å².